The lowest BCUT2D eigenvalue weighted by molar-refractivity contribution is -0.130. The number of hydrogen-bond donors (Lipinski definition) is 1. The highest BCUT2D eigenvalue weighted by Gasteiger charge is 2.43. The predicted molar refractivity (Wildman–Crippen MR) is 97.8 cm³/mol. The highest BCUT2D eigenvalue weighted by molar-refractivity contribution is 7.99. The second-order valence-electron chi connectivity index (χ2n) is 6.27. The van der Waals surface area contributed by atoms with Crippen LogP contribution in [-0.4, -0.2) is 63.9 Å². The van der Waals surface area contributed by atoms with E-state index in [1.165, 1.54) is 16.1 Å². The van der Waals surface area contributed by atoms with Crippen molar-refractivity contribution in [2.75, 3.05) is 18.8 Å². The van der Waals surface area contributed by atoms with Crippen LogP contribution in [0.5, 0.6) is 0 Å². The Hall–Kier alpha value is -1.91. The molecule has 1 N–H and O–H groups in total. The number of aromatic amines is 1. The van der Waals surface area contributed by atoms with Crippen LogP contribution in [0, 0.1) is 5.92 Å². The molecule has 1 saturated heterocycles. The lowest BCUT2D eigenvalue weighted by Gasteiger charge is -2.32. The molecule has 0 unspecified atom stereocenters. The van der Waals surface area contributed by atoms with Crippen molar-refractivity contribution in [1.82, 2.24) is 24.6 Å². The molecule has 1 fully saturated rings. The monoisotopic (exact) mass is 395 g/mol. The number of benzene rings is 1. The maximum Gasteiger partial charge on any atom is 0.244 e. The smallest absolute Gasteiger partial charge is 0.244 e. The standard InChI is InChI=1S/C16H21N5O3S2/c1-12(2)16-20(15(22)11-25-14-10-17-19-18-14)8-9-21(16)26(23,24)13-6-4-3-5-7-13/h3-7,10,12,16H,8-9,11H2,1-2H3,(H,17,18,19)/t16-/m0/s1. The molecule has 0 saturated carbocycles. The Kier molecular flexibility index (Phi) is 5.64. The molecule has 3 rings (SSSR count). The number of carbonyl (C=O) groups excluding carboxylic acids is 1. The van der Waals surface area contributed by atoms with Gasteiger partial charge in [0.15, 0.2) is 0 Å². The fourth-order valence-electron chi connectivity index (χ4n) is 3.06. The van der Waals surface area contributed by atoms with Crippen molar-refractivity contribution >= 4 is 27.7 Å². The van der Waals surface area contributed by atoms with Crippen LogP contribution in [-0.2, 0) is 14.8 Å². The minimum absolute atomic E-state index is 0.0306. The van der Waals surface area contributed by atoms with Gasteiger partial charge in [0, 0.05) is 13.1 Å². The molecule has 0 radical (unpaired) electrons. The van der Waals surface area contributed by atoms with Crippen LogP contribution in [0.1, 0.15) is 13.8 Å². The molecule has 1 aliphatic heterocycles. The molecular formula is C16H21N5O3S2. The molecule has 1 atom stereocenters. The SMILES string of the molecule is CC(C)[C@H]1N(C(=O)CSc2cn[nH]n2)CCN1S(=O)(=O)c1ccccc1. The summed E-state index contributed by atoms with van der Waals surface area (Å²) in [5.74, 6) is 0.0501. The van der Waals surface area contributed by atoms with Crippen molar-refractivity contribution in [2.45, 2.75) is 29.9 Å². The second-order valence-corrected chi connectivity index (χ2v) is 9.16. The van der Waals surface area contributed by atoms with Crippen molar-refractivity contribution in [1.29, 1.82) is 0 Å². The molecule has 10 heteroatoms. The summed E-state index contributed by atoms with van der Waals surface area (Å²) in [7, 11) is -3.65. The summed E-state index contributed by atoms with van der Waals surface area (Å²) in [5.41, 5.74) is 0. The lowest BCUT2D eigenvalue weighted by atomic mass is 10.1. The molecule has 26 heavy (non-hydrogen) atoms. The molecule has 1 amide bonds. The quantitative estimate of drug-likeness (QED) is 0.743. The van der Waals surface area contributed by atoms with Crippen molar-refractivity contribution in [3.05, 3.63) is 36.5 Å². The first-order chi connectivity index (χ1) is 12.4. The summed E-state index contributed by atoms with van der Waals surface area (Å²) in [6.07, 6.45) is 1.05. The maximum atomic E-state index is 13.0. The first-order valence-electron chi connectivity index (χ1n) is 8.26. The molecule has 0 bridgehead atoms. The molecule has 1 aliphatic rings. The fraction of sp³-hybridized carbons (Fsp3) is 0.438. The third-order valence-electron chi connectivity index (χ3n) is 4.18. The minimum atomic E-state index is -3.65. The number of thioether (sulfide) groups is 1. The first kappa shape index (κ1) is 18.9. The number of carbonyl (C=O) groups is 1. The van der Waals surface area contributed by atoms with E-state index in [-0.39, 0.29) is 22.5 Å². The number of nitrogens with one attached hydrogen (secondary N) is 1. The molecule has 1 aromatic heterocycles. The summed E-state index contributed by atoms with van der Waals surface area (Å²) in [4.78, 5) is 14.6. The number of amides is 1. The molecule has 140 valence electrons. The predicted octanol–water partition coefficient (Wildman–Crippen LogP) is 1.41. The average molecular weight is 396 g/mol. The van der Waals surface area contributed by atoms with Gasteiger partial charge in [-0.3, -0.25) is 4.79 Å². The normalized spacial score (nSPS) is 18.6. The highest BCUT2D eigenvalue weighted by Crippen LogP contribution is 2.29. The van der Waals surface area contributed by atoms with E-state index in [1.807, 2.05) is 13.8 Å². The molecule has 0 aliphatic carbocycles. The van der Waals surface area contributed by atoms with Gasteiger partial charge in [-0.1, -0.05) is 43.8 Å². The summed E-state index contributed by atoms with van der Waals surface area (Å²) in [6.45, 7) is 4.52. The maximum absolute atomic E-state index is 13.0. The molecule has 2 aromatic rings. The second kappa shape index (κ2) is 7.77. The third-order valence-corrected chi connectivity index (χ3v) is 6.95. The van der Waals surface area contributed by atoms with Crippen molar-refractivity contribution in [2.24, 2.45) is 5.92 Å². The van der Waals surface area contributed by atoms with Crippen LogP contribution in [0.25, 0.3) is 0 Å². The summed E-state index contributed by atoms with van der Waals surface area (Å²) >= 11 is 1.28. The Morgan fingerprint density at radius 2 is 2.04 bits per heavy atom. The largest absolute Gasteiger partial charge is 0.324 e. The van der Waals surface area contributed by atoms with Crippen LogP contribution in [0.2, 0.25) is 0 Å². The van der Waals surface area contributed by atoms with E-state index < -0.39 is 16.2 Å². The Morgan fingerprint density at radius 3 is 2.65 bits per heavy atom. The van der Waals surface area contributed by atoms with E-state index in [0.29, 0.717) is 18.1 Å². The molecule has 0 spiro atoms. The molecule has 1 aromatic carbocycles. The Labute approximate surface area is 157 Å². The van der Waals surface area contributed by atoms with Crippen molar-refractivity contribution < 1.29 is 13.2 Å². The van der Waals surface area contributed by atoms with E-state index in [2.05, 4.69) is 15.4 Å². The lowest BCUT2D eigenvalue weighted by Crippen LogP contribution is -2.48. The van der Waals surface area contributed by atoms with Gasteiger partial charge in [0.1, 0.15) is 11.2 Å². The van der Waals surface area contributed by atoms with Gasteiger partial charge in [-0.15, -0.1) is 5.10 Å². The van der Waals surface area contributed by atoms with Gasteiger partial charge in [0.2, 0.25) is 15.9 Å². The first-order valence-corrected chi connectivity index (χ1v) is 10.7. The van der Waals surface area contributed by atoms with Crippen molar-refractivity contribution in [3.63, 3.8) is 0 Å². The van der Waals surface area contributed by atoms with Crippen LogP contribution in [0.3, 0.4) is 0 Å². The van der Waals surface area contributed by atoms with Gasteiger partial charge in [0.05, 0.1) is 16.8 Å². The minimum Gasteiger partial charge on any atom is -0.324 e. The topological polar surface area (TPSA) is 99.3 Å². The summed E-state index contributed by atoms with van der Waals surface area (Å²) in [5, 5.41) is 10.8. The van der Waals surface area contributed by atoms with Gasteiger partial charge in [-0.25, -0.2) is 8.42 Å². The summed E-state index contributed by atoms with van der Waals surface area (Å²) < 4.78 is 27.5. The molecule has 2 heterocycles. The number of H-pyrrole nitrogens is 1. The zero-order valence-corrected chi connectivity index (χ0v) is 16.2. The van der Waals surface area contributed by atoms with Crippen LogP contribution in [0.4, 0.5) is 0 Å². The van der Waals surface area contributed by atoms with E-state index in [1.54, 1.807) is 41.4 Å². The van der Waals surface area contributed by atoms with Gasteiger partial charge in [-0.05, 0) is 18.1 Å². The number of nitrogens with zero attached hydrogens (tertiary/aromatic N) is 4. The van der Waals surface area contributed by atoms with Gasteiger partial charge >= 0.3 is 0 Å². The number of sulfonamides is 1. The third kappa shape index (κ3) is 3.76. The fourth-order valence-corrected chi connectivity index (χ4v) is 5.47. The van der Waals surface area contributed by atoms with E-state index in [9.17, 15) is 13.2 Å². The van der Waals surface area contributed by atoms with Crippen LogP contribution < -0.4 is 0 Å². The van der Waals surface area contributed by atoms with Crippen LogP contribution in [0.15, 0.2) is 46.5 Å². The van der Waals surface area contributed by atoms with Gasteiger partial charge < -0.3 is 4.90 Å². The average Bonchev–Trinajstić information content (AvgIpc) is 3.30. The van der Waals surface area contributed by atoms with E-state index in [4.69, 9.17) is 0 Å². The van der Waals surface area contributed by atoms with Crippen LogP contribution >= 0.6 is 11.8 Å². The number of rotatable bonds is 6. The van der Waals surface area contributed by atoms with Crippen molar-refractivity contribution in [3.8, 4) is 0 Å². The van der Waals surface area contributed by atoms with Gasteiger partial charge in [-0.2, -0.15) is 14.6 Å². The van der Waals surface area contributed by atoms with E-state index in [0.717, 1.165) is 0 Å². The zero-order valence-electron chi connectivity index (χ0n) is 14.6. The zero-order chi connectivity index (χ0) is 18.7. The van der Waals surface area contributed by atoms with E-state index >= 15 is 0 Å². The Bertz CT molecular complexity index is 840. The Morgan fingerprint density at radius 1 is 1.31 bits per heavy atom. The highest BCUT2D eigenvalue weighted by atomic mass is 32.2. The molecular weight excluding hydrogens is 374 g/mol. The van der Waals surface area contributed by atoms with Gasteiger partial charge in [0.25, 0.3) is 0 Å². The summed E-state index contributed by atoms with van der Waals surface area (Å²) in [6, 6.07) is 8.34. The number of hydrogen-bond acceptors (Lipinski definition) is 6. The number of aromatic nitrogens is 3. The Balaban J connectivity index is 1.78. The molecule has 8 nitrogen and oxygen atoms in total.